The van der Waals surface area contributed by atoms with E-state index in [2.05, 4.69) is 5.48 Å². The number of carbonyl (C=O) groups excluding carboxylic acids is 1. The molecule has 4 heteroatoms. The summed E-state index contributed by atoms with van der Waals surface area (Å²) >= 11 is 0. The summed E-state index contributed by atoms with van der Waals surface area (Å²) in [5.41, 5.74) is 4.38. The first-order valence-electron chi connectivity index (χ1n) is 6.04. The Morgan fingerprint density at radius 3 is 2.95 bits per heavy atom. The van der Waals surface area contributed by atoms with Crippen molar-refractivity contribution in [2.24, 2.45) is 0 Å². The minimum atomic E-state index is -0.380. The second-order valence-corrected chi connectivity index (χ2v) is 4.28. The van der Waals surface area contributed by atoms with Gasteiger partial charge >= 0.3 is 5.97 Å². The lowest BCUT2D eigenvalue weighted by molar-refractivity contribution is -0.145. The van der Waals surface area contributed by atoms with Gasteiger partial charge in [0.15, 0.2) is 0 Å². The summed E-state index contributed by atoms with van der Waals surface area (Å²) in [6, 6.07) is 12.0. The first kappa shape index (κ1) is 11.6. The molecule has 1 heterocycles. The standard InChI is InChI=1S/C15H13NO3/c1-10(17)19-16-13-8-9-18-14-7-6-11-4-2-3-5-12(11)15(13)14/h2-8,16H,9H2,1H3. The van der Waals surface area contributed by atoms with Gasteiger partial charge in [0.2, 0.25) is 0 Å². The molecular weight excluding hydrogens is 242 g/mol. The molecule has 0 fully saturated rings. The van der Waals surface area contributed by atoms with Gasteiger partial charge < -0.3 is 9.57 Å². The second-order valence-electron chi connectivity index (χ2n) is 4.28. The normalized spacial score (nSPS) is 13.2. The zero-order valence-electron chi connectivity index (χ0n) is 10.5. The van der Waals surface area contributed by atoms with Gasteiger partial charge in [0.1, 0.15) is 12.4 Å². The lowest BCUT2D eigenvalue weighted by atomic mass is 10.00. The van der Waals surface area contributed by atoms with Crippen molar-refractivity contribution >= 4 is 22.4 Å². The van der Waals surface area contributed by atoms with E-state index in [4.69, 9.17) is 9.57 Å². The molecule has 1 N–H and O–H groups in total. The molecule has 0 spiro atoms. The van der Waals surface area contributed by atoms with Crippen LogP contribution in [-0.4, -0.2) is 12.6 Å². The van der Waals surface area contributed by atoms with Crippen molar-refractivity contribution in [2.45, 2.75) is 6.92 Å². The third kappa shape index (κ3) is 2.12. The molecule has 0 saturated carbocycles. The molecule has 1 aliphatic rings. The number of hydrogen-bond acceptors (Lipinski definition) is 4. The Morgan fingerprint density at radius 1 is 1.26 bits per heavy atom. The number of nitrogens with one attached hydrogen (secondary N) is 1. The van der Waals surface area contributed by atoms with Crippen LogP contribution in [0.25, 0.3) is 16.5 Å². The Hall–Kier alpha value is -2.49. The van der Waals surface area contributed by atoms with Gasteiger partial charge in [0.25, 0.3) is 0 Å². The fourth-order valence-corrected chi connectivity index (χ4v) is 2.19. The van der Waals surface area contributed by atoms with Crippen molar-refractivity contribution in [3.05, 3.63) is 48.0 Å². The lowest BCUT2D eigenvalue weighted by Gasteiger charge is -2.20. The monoisotopic (exact) mass is 255 g/mol. The molecule has 0 aliphatic carbocycles. The van der Waals surface area contributed by atoms with E-state index >= 15 is 0 Å². The first-order chi connectivity index (χ1) is 9.25. The molecule has 0 radical (unpaired) electrons. The summed E-state index contributed by atoms with van der Waals surface area (Å²) in [5, 5.41) is 2.17. The quantitative estimate of drug-likeness (QED) is 0.838. The number of benzene rings is 2. The van der Waals surface area contributed by atoms with Gasteiger partial charge in [-0.25, -0.2) is 5.48 Å². The van der Waals surface area contributed by atoms with Gasteiger partial charge in [0, 0.05) is 6.92 Å². The van der Waals surface area contributed by atoms with E-state index in [1.165, 1.54) is 6.92 Å². The van der Waals surface area contributed by atoms with Crippen LogP contribution < -0.4 is 10.2 Å². The topological polar surface area (TPSA) is 47.6 Å². The van der Waals surface area contributed by atoms with Crippen LogP contribution in [0.4, 0.5) is 0 Å². The Kier molecular flexibility index (Phi) is 2.83. The highest BCUT2D eigenvalue weighted by atomic mass is 16.7. The van der Waals surface area contributed by atoms with Crippen LogP contribution in [0.3, 0.4) is 0 Å². The second kappa shape index (κ2) is 4.65. The van der Waals surface area contributed by atoms with E-state index in [9.17, 15) is 4.79 Å². The molecule has 0 unspecified atom stereocenters. The van der Waals surface area contributed by atoms with Crippen molar-refractivity contribution in [3.8, 4) is 5.75 Å². The summed E-state index contributed by atoms with van der Waals surface area (Å²) in [7, 11) is 0. The van der Waals surface area contributed by atoms with Crippen molar-refractivity contribution < 1.29 is 14.4 Å². The Labute approximate surface area is 110 Å². The van der Waals surface area contributed by atoms with Gasteiger partial charge in [-0.05, 0) is 22.9 Å². The molecule has 96 valence electrons. The summed E-state index contributed by atoms with van der Waals surface area (Å²) in [5.74, 6) is 0.407. The number of rotatable bonds is 2. The van der Waals surface area contributed by atoms with Gasteiger partial charge in [-0.15, -0.1) is 0 Å². The van der Waals surface area contributed by atoms with Gasteiger partial charge in [0.05, 0.1) is 11.3 Å². The van der Waals surface area contributed by atoms with Gasteiger partial charge in [-0.3, -0.25) is 4.79 Å². The molecule has 3 rings (SSSR count). The smallest absolute Gasteiger partial charge is 0.329 e. The van der Waals surface area contributed by atoms with Crippen molar-refractivity contribution in [2.75, 3.05) is 6.61 Å². The SMILES string of the molecule is CC(=O)ONC1=CCOc2ccc3ccccc3c21. The van der Waals surface area contributed by atoms with Crippen LogP contribution >= 0.6 is 0 Å². The zero-order chi connectivity index (χ0) is 13.2. The molecule has 2 aromatic carbocycles. The fourth-order valence-electron chi connectivity index (χ4n) is 2.19. The largest absolute Gasteiger partial charge is 0.489 e. The van der Waals surface area contributed by atoms with E-state index in [1.54, 1.807) is 0 Å². The first-order valence-corrected chi connectivity index (χ1v) is 6.04. The van der Waals surface area contributed by atoms with Gasteiger partial charge in [-0.2, -0.15) is 0 Å². The molecule has 0 saturated heterocycles. The van der Waals surface area contributed by atoms with Crippen LogP contribution in [0.2, 0.25) is 0 Å². The summed E-state index contributed by atoms with van der Waals surface area (Å²) in [6.45, 7) is 1.81. The van der Waals surface area contributed by atoms with E-state index in [1.807, 2.05) is 42.5 Å². The minimum absolute atomic E-state index is 0.380. The molecule has 0 atom stereocenters. The highest BCUT2D eigenvalue weighted by Crippen LogP contribution is 2.34. The predicted octanol–water partition coefficient (Wildman–Crippen LogP) is 2.64. The Balaban J connectivity index is 2.10. The number of hydroxylamine groups is 1. The summed E-state index contributed by atoms with van der Waals surface area (Å²) < 4.78 is 5.61. The average molecular weight is 255 g/mol. The van der Waals surface area contributed by atoms with Crippen molar-refractivity contribution in [3.63, 3.8) is 0 Å². The third-order valence-corrected chi connectivity index (χ3v) is 2.99. The maximum Gasteiger partial charge on any atom is 0.329 e. The van der Waals surface area contributed by atoms with Crippen LogP contribution in [0, 0.1) is 0 Å². The molecule has 0 amide bonds. The molecule has 0 bridgehead atoms. The van der Waals surface area contributed by atoms with Crippen LogP contribution in [0.15, 0.2) is 42.5 Å². The van der Waals surface area contributed by atoms with Crippen molar-refractivity contribution in [1.29, 1.82) is 0 Å². The molecule has 1 aliphatic heterocycles. The Bertz CT molecular complexity index is 676. The average Bonchev–Trinajstić information content (AvgIpc) is 2.44. The minimum Gasteiger partial charge on any atom is -0.489 e. The molecule has 0 aromatic heterocycles. The van der Waals surface area contributed by atoms with E-state index < -0.39 is 0 Å². The highest BCUT2D eigenvalue weighted by Gasteiger charge is 2.17. The lowest BCUT2D eigenvalue weighted by Crippen LogP contribution is -2.20. The summed E-state index contributed by atoms with van der Waals surface area (Å²) in [6.07, 6.45) is 1.86. The maximum absolute atomic E-state index is 10.9. The number of carbonyl (C=O) groups is 1. The number of ether oxygens (including phenoxy) is 1. The van der Waals surface area contributed by atoms with Crippen LogP contribution in [0.1, 0.15) is 12.5 Å². The van der Waals surface area contributed by atoms with E-state index in [0.29, 0.717) is 6.61 Å². The van der Waals surface area contributed by atoms with Crippen LogP contribution in [-0.2, 0) is 9.63 Å². The number of fused-ring (bicyclic) bond motifs is 3. The van der Waals surface area contributed by atoms with Crippen LogP contribution in [0.5, 0.6) is 5.75 Å². The van der Waals surface area contributed by atoms with E-state index in [0.717, 1.165) is 27.8 Å². The van der Waals surface area contributed by atoms with Crippen molar-refractivity contribution in [1.82, 2.24) is 5.48 Å². The fraction of sp³-hybridized carbons (Fsp3) is 0.133. The third-order valence-electron chi connectivity index (χ3n) is 2.99. The zero-order valence-corrected chi connectivity index (χ0v) is 10.5. The summed E-state index contributed by atoms with van der Waals surface area (Å²) in [4.78, 5) is 15.8. The van der Waals surface area contributed by atoms with Gasteiger partial charge in [-0.1, -0.05) is 30.3 Å². The molecule has 2 aromatic rings. The molecule has 4 nitrogen and oxygen atoms in total. The van der Waals surface area contributed by atoms with E-state index in [-0.39, 0.29) is 5.97 Å². The predicted molar refractivity (Wildman–Crippen MR) is 72.3 cm³/mol. The maximum atomic E-state index is 10.9. The number of hydrogen-bond donors (Lipinski definition) is 1. The highest BCUT2D eigenvalue weighted by molar-refractivity contribution is 5.96. The Morgan fingerprint density at radius 2 is 2.11 bits per heavy atom. The molecular formula is C15H13NO3. The molecule has 19 heavy (non-hydrogen) atoms.